The smallest absolute Gasteiger partial charge is 0.303 e. The van der Waals surface area contributed by atoms with Crippen molar-refractivity contribution in [3.05, 3.63) is 12.2 Å². The first-order valence-corrected chi connectivity index (χ1v) is 6.20. The zero-order valence-electron chi connectivity index (χ0n) is 9.48. The predicted octanol–water partition coefficient (Wildman–Crippen LogP) is 1.64. The number of carboxylic acids is 1. The van der Waals surface area contributed by atoms with E-state index >= 15 is 0 Å². The van der Waals surface area contributed by atoms with E-state index in [2.05, 4.69) is 6.58 Å². The first-order chi connectivity index (χ1) is 7.60. The van der Waals surface area contributed by atoms with Crippen LogP contribution in [0.3, 0.4) is 0 Å². The molecule has 3 heteroatoms. The van der Waals surface area contributed by atoms with Gasteiger partial charge in [0.15, 0.2) is 0 Å². The molecule has 0 amide bonds. The maximum atomic E-state index is 11.0. The van der Waals surface area contributed by atoms with Crippen molar-refractivity contribution in [1.82, 2.24) is 0 Å². The molecule has 3 rings (SSSR count). The van der Waals surface area contributed by atoms with Crippen molar-refractivity contribution in [2.24, 2.45) is 34.8 Å². The summed E-state index contributed by atoms with van der Waals surface area (Å²) in [4.78, 5) is 11.0. The maximum absolute atomic E-state index is 11.0. The topological polar surface area (TPSA) is 63.3 Å². The Bertz CT molecular complexity index is 357. The number of carboxylic acid groups (broad SMARTS) is 1. The third kappa shape index (κ3) is 1.000. The van der Waals surface area contributed by atoms with Crippen molar-refractivity contribution >= 4 is 5.97 Å². The number of allylic oxidation sites excluding steroid dienone is 1. The summed E-state index contributed by atoms with van der Waals surface area (Å²) in [5.74, 6) is 1.59. The average molecular weight is 221 g/mol. The Balaban J connectivity index is 1.93. The van der Waals surface area contributed by atoms with Crippen LogP contribution in [0.2, 0.25) is 0 Å². The van der Waals surface area contributed by atoms with Gasteiger partial charge in [-0.2, -0.15) is 0 Å². The summed E-state index contributed by atoms with van der Waals surface area (Å²) < 4.78 is 0. The van der Waals surface area contributed by atoms with Gasteiger partial charge in [0.25, 0.3) is 0 Å². The summed E-state index contributed by atoms with van der Waals surface area (Å²) in [7, 11) is 0. The highest BCUT2D eigenvalue weighted by atomic mass is 16.4. The lowest BCUT2D eigenvalue weighted by Crippen LogP contribution is -2.59. The van der Waals surface area contributed by atoms with E-state index in [4.69, 9.17) is 10.8 Å². The minimum absolute atomic E-state index is 0.106. The molecular weight excluding hydrogens is 202 g/mol. The molecule has 2 bridgehead atoms. The summed E-state index contributed by atoms with van der Waals surface area (Å²) in [5.41, 5.74) is 7.20. The molecule has 3 nitrogen and oxygen atoms in total. The Kier molecular flexibility index (Phi) is 2.00. The van der Waals surface area contributed by atoms with E-state index in [1.165, 1.54) is 12.0 Å². The highest BCUT2D eigenvalue weighted by Crippen LogP contribution is 2.71. The summed E-state index contributed by atoms with van der Waals surface area (Å²) in [6.45, 7) is 4.74. The van der Waals surface area contributed by atoms with Gasteiger partial charge in [0.2, 0.25) is 0 Å². The second-order valence-electron chi connectivity index (χ2n) is 5.83. The Morgan fingerprint density at radius 3 is 2.88 bits per heavy atom. The predicted molar refractivity (Wildman–Crippen MR) is 60.7 cm³/mol. The average Bonchev–Trinajstić information content (AvgIpc) is 2.44. The molecule has 88 valence electrons. The van der Waals surface area contributed by atoms with Gasteiger partial charge in [-0.3, -0.25) is 4.79 Å². The van der Waals surface area contributed by atoms with Gasteiger partial charge in [-0.05, 0) is 54.9 Å². The van der Waals surface area contributed by atoms with Crippen molar-refractivity contribution < 1.29 is 9.90 Å². The molecule has 3 saturated carbocycles. The fraction of sp³-hybridized carbons (Fsp3) is 0.769. The van der Waals surface area contributed by atoms with Crippen LogP contribution in [0, 0.1) is 29.1 Å². The van der Waals surface area contributed by atoms with Crippen LogP contribution in [-0.4, -0.2) is 17.6 Å². The van der Waals surface area contributed by atoms with Crippen LogP contribution in [0.15, 0.2) is 12.2 Å². The minimum Gasteiger partial charge on any atom is -0.481 e. The fourth-order valence-electron chi connectivity index (χ4n) is 4.85. The second kappa shape index (κ2) is 3.10. The molecule has 3 fully saturated rings. The van der Waals surface area contributed by atoms with Crippen LogP contribution in [0.5, 0.6) is 0 Å². The maximum Gasteiger partial charge on any atom is 0.303 e. The highest BCUT2D eigenvalue weighted by Gasteiger charge is 2.67. The lowest BCUT2D eigenvalue weighted by atomic mass is 9.45. The molecule has 0 unspecified atom stereocenters. The van der Waals surface area contributed by atoms with E-state index in [1.54, 1.807) is 0 Å². The summed E-state index contributed by atoms with van der Waals surface area (Å²) in [6.07, 6.45) is 3.77. The van der Waals surface area contributed by atoms with E-state index in [0.717, 1.165) is 12.8 Å². The van der Waals surface area contributed by atoms with Gasteiger partial charge in [-0.25, -0.2) is 0 Å². The molecule has 3 aliphatic carbocycles. The molecule has 0 heterocycles. The molecule has 5 atom stereocenters. The van der Waals surface area contributed by atoms with Crippen molar-refractivity contribution in [3.8, 4) is 0 Å². The molecule has 0 saturated heterocycles. The van der Waals surface area contributed by atoms with E-state index in [0.29, 0.717) is 30.2 Å². The molecule has 0 aromatic rings. The highest BCUT2D eigenvalue weighted by molar-refractivity contribution is 5.68. The summed E-state index contributed by atoms with van der Waals surface area (Å²) in [5, 5.41) is 9.08. The second-order valence-corrected chi connectivity index (χ2v) is 5.83. The van der Waals surface area contributed by atoms with Crippen LogP contribution in [0.25, 0.3) is 0 Å². The van der Waals surface area contributed by atoms with E-state index < -0.39 is 5.97 Å². The summed E-state index contributed by atoms with van der Waals surface area (Å²) in [6, 6.07) is 0. The van der Waals surface area contributed by atoms with E-state index in [1.807, 2.05) is 0 Å². The Morgan fingerprint density at radius 2 is 2.25 bits per heavy atom. The molecular formula is C13H19NO2. The molecule has 0 spiro atoms. The van der Waals surface area contributed by atoms with Gasteiger partial charge in [0, 0.05) is 0 Å². The van der Waals surface area contributed by atoms with Crippen LogP contribution in [0.4, 0.5) is 0 Å². The van der Waals surface area contributed by atoms with Crippen molar-refractivity contribution in [2.45, 2.75) is 25.7 Å². The number of fused-ring (bicyclic) bond motifs is 1. The first-order valence-electron chi connectivity index (χ1n) is 6.20. The number of aliphatic carboxylic acids is 1. The van der Waals surface area contributed by atoms with Gasteiger partial charge in [0.1, 0.15) is 0 Å². The van der Waals surface area contributed by atoms with Gasteiger partial charge < -0.3 is 10.8 Å². The van der Waals surface area contributed by atoms with E-state index in [9.17, 15) is 4.79 Å². The molecule has 0 aliphatic heterocycles. The minimum atomic E-state index is -0.690. The third-order valence-electron chi connectivity index (χ3n) is 5.52. The largest absolute Gasteiger partial charge is 0.481 e. The van der Waals surface area contributed by atoms with Gasteiger partial charge in [0.05, 0.1) is 6.42 Å². The molecule has 3 aliphatic rings. The fourth-order valence-corrected chi connectivity index (χ4v) is 4.85. The van der Waals surface area contributed by atoms with Crippen molar-refractivity contribution in [3.63, 3.8) is 0 Å². The number of nitrogens with two attached hydrogens (primary N) is 1. The SMILES string of the molecule is C=C1[C@H]2CC[C@H]3[C@@H]1[C@@H](C2)[C@@]3(CN)CC(=O)O. The quantitative estimate of drug-likeness (QED) is 0.712. The Hall–Kier alpha value is -0.830. The first kappa shape index (κ1) is 10.3. The lowest BCUT2D eigenvalue weighted by Gasteiger charge is -2.59. The normalized spacial score (nSPS) is 48.9. The molecule has 16 heavy (non-hydrogen) atoms. The van der Waals surface area contributed by atoms with Crippen molar-refractivity contribution in [2.75, 3.05) is 6.54 Å². The standard InChI is InChI=1S/C13H19NO2/c1-7-8-2-3-9-12(7)10(4-8)13(9,6-14)5-11(15)16/h8-10,12H,1-6,14H2,(H,15,16)/t8-,9-,10+,12+,13+/m0/s1. The molecule has 0 radical (unpaired) electrons. The Labute approximate surface area is 95.7 Å². The number of rotatable bonds is 3. The molecule has 0 aromatic heterocycles. The van der Waals surface area contributed by atoms with Gasteiger partial charge in [-0.1, -0.05) is 12.2 Å². The zero-order valence-corrected chi connectivity index (χ0v) is 9.48. The molecule has 3 N–H and O–H groups in total. The van der Waals surface area contributed by atoms with Gasteiger partial charge >= 0.3 is 5.97 Å². The van der Waals surface area contributed by atoms with Crippen LogP contribution in [0.1, 0.15) is 25.7 Å². The van der Waals surface area contributed by atoms with Crippen LogP contribution < -0.4 is 5.73 Å². The van der Waals surface area contributed by atoms with Crippen LogP contribution in [-0.2, 0) is 4.79 Å². The summed E-state index contributed by atoms with van der Waals surface area (Å²) >= 11 is 0. The molecule has 0 aromatic carbocycles. The third-order valence-corrected chi connectivity index (χ3v) is 5.52. The number of hydrogen-bond acceptors (Lipinski definition) is 2. The zero-order chi connectivity index (χ0) is 11.5. The van der Waals surface area contributed by atoms with Crippen LogP contribution >= 0.6 is 0 Å². The lowest BCUT2D eigenvalue weighted by molar-refractivity contribution is -0.153. The monoisotopic (exact) mass is 221 g/mol. The van der Waals surface area contributed by atoms with E-state index in [-0.39, 0.29) is 11.8 Å². The number of hydrogen-bond donors (Lipinski definition) is 2. The van der Waals surface area contributed by atoms with Crippen molar-refractivity contribution in [1.29, 1.82) is 0 Å². The van der Waals surface area contributed by atoms with Gasteiger partial charge in [-0.15, -0.1) is 0 Å². The number of carbonyl (C=O) groups is 1. The Morgan fingerprint density at radius 1 is 1.50 bits per heavy atom.